The molecule has 0 saturated carbocycles. The van der Waals surface area contributed by atoms with Crippen LogP contribution in [0.5, 0.6) is 0 Å². The number of carbonyl (C=O) groups excluding carboxylic acids is 1. The molecule has 6 nitrogen and oxygen atoms in total. The van der Waals surface area contributed by atoms with Crippen molar-refractivity contribution in [1.82, 2.24) is 9.62 Å². The molecule has 1 aliphatic heterocycles. The standard InChI is InChI=1S/C19H21FN2O4S/c20-17-8-6-15(7-9-17)14-27(24,25)21-12-19(23)22-10-11-26-18(13-22)16-4-2-1-3-5-16/h1-9,18,21H,10-14H2. The molecule has 1 atom stereocenters. The molecule has 0 aromatic heterocycles. The molecule has 8 heteroatoms. The van der Waals surface area contributed by atoms with Gasteiger partial charge in [-0.2, -0.15) is 0 Å². The molecule has 1 unspecified atom stereocenters. The van der Waals surface area contributed by atoms with E-state index in [1.165, 1.54) is 24.3 Å². The van der Waals surface area contributed by atoms with Crippen LogP contribution in [0.3, 0.4) is 0 Å². The van der Waals surface area contributed by atoms with Crippen molar-refractivity contribution in [1.29, 1.82) is 0 Å². The van der Waals surface area contributed by atoms with E-state index < -0.39 is 15.8 Å². The first kappa shape index (κ1) is 19.5. The monoisotopic (exact) mass is 392 g/mol. The third kappa shape index (κ3) is 5.59. The summed E-state index contributed by atoms with van der Waals surface area (Å²) in [7, 11) is -3.70. The highest BCUT2D eigenvalue weighted by Crippen LogP contribution is 2.21. The quantitative estimate of drug-likeness (QED) is 0.814. The lowest BCUT2D eigenvalue weighted by Gasteiger charge is -2.33. The number of rotatable bonds is 6. The fourth-order valence-electron chi connectivity index (χ4n) is 2.88. The van der Waals surface area contributed by atoms with Crippen LogP contribution in [0, 0.1) is 5.82 Å². The molecule has 1 saturated heterocycles. The first-order valence-corrected chi connectivity index (χ1v) is 10.2. The van der Waals surface area contributed by atoms with Gasteiger partial charge in [0.2, 0.25) is 15.9 Å². The van der Waals surface area contributed by atoms with Crippen molar-refractivity contribution in [3.63, 3.8) is 0 Å². The van der Waals surface area contributed by atoms with Gasteiger partial charge in [-0.05, 0) is 23.3 Å². The second kappa shape index (κ2) is 8.60. The van der Waals surface area contributed by atoms with Gasteiger partial charge in [0.25, 0.3) is 0 Å². The SMILES string of the molecule is O=C(CNS(=O)(=O)Cc1ccc(F)cc1)N1CCOC(c2ccccc2)C1. The van der Waals surface area contributed by atoms with Crippen molar-refractivity contribution in [2.24, 2.45) is 0 Å². The first-order valence-electron chi connectivity index (χ1n) is 8.59. The summed E-state index contributed by atoms with van der Waals surface area (Å²) in [6.07, 6.45) is -0.222. The lowest BCUT2D eigenvalue weighted by atomic mass is 10.1. The largest absolute Gasteiger partial charge is 0.370 e. The Morgan fingerprint density at radius 3 is 2.56 bits per heavy atom. The van der Waals surface area contributed by atoms with Crippen LogP contribution in [0.25, 0.3) is 0 Å². The van der Waals surface area contributed by atoms with Crippen LogP contribution in [-0.4, -0.2) is 45.5 Å². The zero-order chi connectivity index (χ0) is 19.3. The average Bonchev–Trinajstić information content (AvgIpc) is 2.69. The smallest absolute Gasteiger partial charge is 0.237 e. The van der Waals surface area contributed by atoms with E-state index in [1.54, 1.807) is 4.90 Å². The third-order valence-corrected chi connectivity index (χ3v) is 5.60. The molecule has 27 heavy (non-hydrogen) atoms. The highest BCUT2D eigenvalue weighted by Gasteiger charge is 2.26. The zero-order valence-electron chi connectivity index (χ0n) is 14.7. The summed E-state index contributed by atoms with van der Waals surface area (Å²) in [4.78, 5) is 14.0. The van der Waals surface area contributed by atoms with Crippen LogP contribution >= 0.6 is 0 Å². The normalized spacial score (nSPS) is 17.7. The van der Waals surface area contributed by atoms with Crippen molar-refractivity contribution < 1.29 is 22.3 Å². The maximum atomic E-state index is 12.9. The molecule has 0 radical (unpaired) electrons. The number of ether oxygens (including phenoxy) is 1. The second-order valence-corrected chi connectivity index (χ2v) is 8.12. The highest BCUT2D eigenvalue weighted by molar-refractivity contribution is 7.88. The lowest BCUT2D eigenvalue weighted by Crippen LogP contribution is -2.46. The van der Waals surface area contributed by atoms with Gasteiger partial charge in [0.05, 0.1) is 25.4 Å². The maximum absolute atomic E-state index is 12.9. The van der Waals surface area contributed by atoms with Crippen LogP contribution in [-0.2, 0) is 25.3 Å². The van der Waals surface area contributed by atoms with Crippen LogP contribution in [0.15, 0.2) is 54.6 Å². The predicted molar refractivity (Wildman–Crippen MR) is 98.7 cm³/mol. The number of sulfonamides is 1. The third-order valence-electron chi connectivity index (χ3n) is 4.30. The molecule has 1 aliphatic rings. The van der Waals surface area contributed by atoms with Gasteiger partial charge < -0.3 is 9.64 Å². The van der Waals surface area contributed by atoms with Crippen LogP contribution in [0.1, 0.15) is 17.2 Å². The van der Waals surface area contributed by atoms with Gasteiger partial charge in [-0.15, -0.1) is 0 Å². The summed E-state index contributed by atoms with van der Waals surface area (Å²) in [6, 6.07) is 14.8. The molecule has 0 spiro atoms. The highest BCUT2D eigenvalue weighted by atomic mass is 32.2. The van der Waals surface area contributed by atoms with Crippen LogP contribution in [0.4, 0.5) is 4.39 Å². The second-order valence-electron chi connectivity index (χ2n) is 6.32. The fraction of sp³-hybridized carbons (Fsp3) is 0.316. The Morgan fingerprint density at radius 1 is 1.15 bits per heavy atom. The molecule has 1 heterocycles. The number of nitrogens with one attached hydrogen (secondary N) is 1. The molecular weight excluding hydrogens is 371 g/mol. The van der Waals surface area contributed by atoms with Crippen molar-refractivity contribution in [3.05, 3.63) is 71.5 Å². The first-order chi connectivity index (χ1) is 12.9. The minimum absolute atomic E-state index is 0.222. The molecule has 3 rings (SSSR count). The summed E-state index contributed by atoms with van der Waals surface area (Å²) in [5.74, 6) is -1.04. The molecule has 1 amide bonds. The van der Waals surface area contributed by atoms with E-state index in [0.717, 1.165) is 5.56 Å². The molecule has 0 aliphatic carbocycles. The van der Waals surface area contributed by atoms with Crippen molar-refractivity contribution >= 4 is 15.9 Å². The van der Waals surface area contributed by atoms with E-state index in [1.807, 2.05) is 30.3 Å². The molecule has 2 aromatic rings. The van der Waals surface area contributed by atoms with E-state index in [0.29, 0.717) is 25.3 Å². The maximum Gasteiger partial charge on any atom is 0.237 e. The lowest BCUT2D eigenvalue weighted by molar-refractivity contribution is -0.137. The van der Waals surface area contributed by atoms with E-state index in [9.17, 15) is 17.6 Å². The van der Waals surface area contributed by atoms with Gasteiger partial charge in [0, 0.05) is 6.54 Å². The Morgan fingerprint density at radius 2 is 1.85 bits per heavy atom. The van der Waals surface area contributed by atoms with Gasteiger partial charge in [0.15, 0.2) is 0 Å². The number of hydrogen-bond donors (Lipinski definition) is 1. The molecule has 1 N–H and O–H groups in total. The van der Waals surface area contributed by atoms with Gasteiger partial charge >= 0.3 is 0 Å². The average molecular weight is 392 g/mol. The Kier molecular flexibility index (Phi) is 6.20. The number of morpholine rings is 1. The number of hydrogen-bond acceptors (Lipinski definition) is 4. The summed E-state index contributed by atoms with van der Waals surface area (Å²) >= 11 is 0. The summed E-state index contributed by atoms with van der Waals surface area (Å²) in [5.41, 5.74) is 1.43. The molecule has 0 bridgehead atoms. The fourth-order valence-corrected chi connectivity index (χ4v) is 3.96. The van der Waals surface area contributed by atoms with Gasteiger partial charge in [-0.1, -0.05) is 42.5 Å². The number of carbonyl (C=O) groups is 1. The molecule has 144 valence electrons. The van der Waals surface area contributed by atoms with Gasteiger partial charge in [0.1, 0.15) is 11.9 Å². The number of halogens is 1. The Balaban J connectivity index is 1.54. The number of benzene rings is 2. The number of amides is 1. The van der Waals surface area contributed by atoms with E-state index in [2.05, 4.69) is 4.72 Å². The van der Waals surface area contributed by atoms with E-state index >= 15 is 0 Å². The summed E-state index contributed by atoms with van der Waals surface area (Å²) < 4.78 is 45.3. The Hall–Kier alpha value is -2.29. The predicted octanol–water partition coefficient (Wildman–Crippen LogP) is 1.85. The molecule has 2 aromatic carbocycles. The molecule has 1 fully saturated rings. The van der Waals surface area contributed by atoms with E-state index in [-0.39, 0.29) is 24.3 Å². The van der Waals surface area contributed by atoms with Gasteiger partial charge in [-0.25, -0.2) is 17.5 Å². The van der Waals surface area contributed by atoms with Crippen molar-refractivity contribution in [2.45, 2.75) is 11.9 Å². The van der Waals surface area contributed by atoms with Crippen molar-refractivity contribution in [3.8, 4) is 0 Å². The van der Waals surface area contributed by atoms with Crippen LogP contribution < -0.4 is 4.72 Å². The Bertz CT molecular complexity index is 872. The summed E-state index contributed by atoms with van der Waals surface area (Å²) in [6.45, 7) is 0.878. The minimum Gasteiger partial charge on any atom is -0.370 e. The Labute approximate surface area is 158 Å². The van der Waals surface area contributed by atoms with Crippen LogP contribution in [0.2, 0.25) is 0 Å². The number of nitrogens with zero attached hydrogens (tertiary/aromatic N) is 1. The molecular formula is C19H21FN2O4S. The zero-order valence-corrected chi connectivity index (χ0v) is 15.5. The summed E-state index contributed by atoms with van der Waals surface area (Å²) in [5, 5.41) is 0. The minimum atomic E-state index is -3.70. The van der Waals surface area contributed by atoms with Crippen molar-refractivity contribution in [2.75, 3.05) is 26.2 Å². The topological polar surface area (TPSA) is 75.7 Å². The van der Waals surface area contributed by atoms with E-state index in [4.69, 9.17) is 4.74 Å². The van der Waals surface area contributed by atoms with Gasteiger partial charge in [-0.3, -0.25) is 4.79 Å².